The van der Waals surface area contributed by atoms with Gasteiger partial charge in [0.2, 0.25) is 5.91 Å². The number of ether oxygens (including phenoxy) is 1. The quantitative estimate of drug-likeness (QED) is 0.615. The number of amides is 2. The summed E-state index contributed by atoms with van der Waals surface area (Å²) in [7, 11) is 0. The van der Waals surface area contributed by atoms with Crippen LogP contribution in [0.4, 0.5) is 4.39 Å². The van der Waals surface area contributed by atoms with Gasteiger partial charge in [0.05, 0.1) is 0 Å². The number of likely N-dealkylation sites (tertiary alicyclic amines) is 1. The van der Waals surface area contributed by atoms with E-state index in [1.807, 2.05) is 29.3 Å². The van der Waals surface area contributed by atoms with E-state index in [4.69, 9.17) is 10.5 Å². The van der Waals surface area contributed by atoms with Crippen LogP contribution in [0.25, 0.3) is 11.1 Å². The van der Waals surface area contributed by atoms with Gasteiger partial charge in [-0.3, -0.25) is 14.6 Å². The van der Waals surface area contributed by atoms with E-state index in [-0.39, 0.29) is 17.6 Å². The van der Waals surface area contributed by atoms with Crippen LogP contribution >= 0.6 is 0 Å². The van der Waals surface area contributed by atoms with Gasteiger partial charge in [-0.15, -0.1) is 0 Å². The van der Waals surface area contributed by atoms with Gasteiger partial charge in [-0.1, -0.05) is 18.2 Å². The van der Waals surface area contributed by atoms with Crippen LogP contribution in [0.1, 0.15) is 41.7 Å². The topological polar surface area (TPSA) is 85.5 Å². The Kier molecular flexibility index (Phi) is 6.68. The molecule has 3 aromatic rings. The molecule has 2 N–H and O–H groups in total. The molecule has 2 heterocycles. The third kappa shape index (κ3) is 5.37. The molecule has 1 atom stereocenters. The van der Waals surface area contributed by atoms with Crippen molar-refractivity contribution in [1.82, 2.24) is 9.88 Å². The summed E-state index contributed by atoms with van der Waals surface area (Å²) in [5, 5.41) is 0. The third-order valence-electron chi connectivity index (χ3n) is 5.97. The Balaban J connectivity index is 1.33. The molecule has 1 aromatic heterocycles. The number of carbonyl (C=O) groups excluding carboxylic acids is 2. The first-order chi connectivity index (χ1) is 15.9. The number of hydrogen-bond acceptors (Lipinski definition) is 4. The van der Waals surface area contributed by atoms with Gasteiger partial charge in [0.1, 0.15) is 11.6 Å². The average Bonchev–Trinajstić information content (AvgIpc) is 2.85. The number of halogens is 1. The lowest BCUT2D eigenvalue weighted by Crippen LogP contribution is -2.44. The van der Waals surface area contributed by atoms with Crippen LogP contribution in [-0.2, 0) is 4.79 Å². The Bertz CT molecular complexity index is 1120. The van der Waals surface area contributed by atoms with Gasteiger partial charge in [-0.25, -0.2) is 4.39 Å². The van der Waals surface area contributed by atoms with Gasteiger partial charge in [0.25, 0.3) is 5.91 Å². The minimum atomic E-state index is -0.638. The monoisotopic (exact) mass is 447 g/mol. The molecule has 0 bridgehead atoms. The van der Waals surface area contributed by atoms with Gasteiger partial charge >= 0.3 is 0 Å². The normalized spacial score (nSPS) is 15.2. The highest BCUT2D eigenvalue weighted by molar-refractivity contribution is 5.94. The molecule has 4 rings (SSSR count). The summed E-state index contributed by atoms with van der Waals surface area (Å²) in [6.07, 6.45) is 2.81. The molecule has 33 heavy (non-hydrogen) atoms. The number of piperidine rings is 1. The zero-order valence-corrected chi connectivity index (χ0v) is 18.4. The minimum absolute atomic E-state index is 0.0737. The lowest BCUT2D eigenvalue weighted by molar-refractivity contribution is -0.139. The van der Waals surface area contributed by atoms with E-state index >= 15 is 0 Å². The van der Waals surface area contributed by atoms with Crippen molar-refractivity contribution < 1.29 is 18.7 Å². The first-order valence-corrected chi connectivity index (χ1v) is 11.0. The zero-order valence-electron chi connectivity index (χ0n) is 18.4. The molecule has 2 aromatic carbocycles. The molecule has 1 aliphatic heterocycles. The summed E-state index contributed by atoms with van der Waals surface area (Å²) in [5.41, 5.74) is 8.64. The van der Waals surface area contributed by atoms with E-state index in [0.29, 0.717) is 24.4 Å². The highest BCUT2D eigenvalue weighted by Gasteiger charge is 2.28. The van der Waals surface area contributed by atoms with Gasteiger partial charge in [-0.05, 0) is 67.8 Å². The number of nitrogens with zero attached hydrogens (tertiary/aromatic N) is 2. The molecular formula is C26H26FN3O3. The van der Waals surface area contributed by atoms with E-state index in [2.05, 4.69) is 4.98 Å². The van der Waals surface area contributed by atoms with E-state index in [0.717, 1.165) is 29.7 Å². The van der Waals surface area contributed by atoms with Crippen molar-refractivity contribution in [3.63, 3.8) is 0 Å². The average molecular weight is 448 g/mol. The summed E-state index contributed by atoms with van der Waals surface area (Å²) < 4.78 is 18.7. The molecule has 6 nitrogen and oxygen atoms in total. The van der Waals surface area contributed by atoms with Crippen LogP contribution < -0.4 is 10.5 Å². The van der Waals surface area contributed by atoms with Crippen molar-refractivity contribution >= 4 is 11.8 Å². The number of benzene rings is 2. The molecule has 0 radical (unpaired) electrons. The number of rotatable bonds is 6. The zero-order chi connectivity index (χ0) is 23.4. The molecule has 170 valence electrons. The van der Waals surface area contributed by atoms with Crippen molar-refractivity contribution in [3.8, 4) is 16.9 Å². The first kappa shape index (κ1) is 22.5. The molecule has 0 spiro atoms. The number of nitrogens with two attached hydrogens (primary N) is 1. The molecular weight excluding hydrogens is 421 g/mol. The fourth-order valence-corrected chi connectivity index (χ4v) is 4.09. The Morgan fingerprint density at radius 2 is 1.79 bits per heavy atom. The SMILES string of the molecule is C[C@@H](Oc1ccc(F)cc1)C(=O)N1CCC(c2ccc(-c3cccc(C(N)=O)c3)cn2)CC1. The number of aromatic nitrogens is 1. The number of pyridine rings is 1. The Morgan fingerprint density at radius 1 is 1.06 bits per heavy atom. The van der Waals surface area contributed by atoms with Crippen LogP contribution in [0.5, 0.6) is 5.75 Å². The van der Waals surface area contributed by atoms with Crippen LogP contribution in [0.15, 0.2) is 66.9 Å². The lowest BCUT2D eigenvalue weighted by Gasteiger charge is -2.33. The second kappa shape index (κ2) is 9.81. The van der Waals surface area contributed by atoms with Crippen molar-refractivity contribution in [1.29, 1.82) is 0 Å². The van der Waals surface area contributed by atoms with Gasteiger partial charge in [0.15, 0.2) is 6.10 Å². The van der Waals surface area contributed by atoms with Crippen molar-refractivity contribution in [2.24, 2.45) is 5.73 Å². The third-order valence-corrected chi connectivity index (χ3v) is 5.97. The van der Waals surface area contributed by atoms with E-state index in [9.17, 15) is 14.0 Å². The molecule has 2 amide bonds. The molecule has 1 aliphatic rings. The standard InChI is InChI=1S/C26H26FN3O3/c1-17(33-23-8-6-22(27)7-9-23)26(32)30-13-11-18(12-14-30)24-10-5-21(16-29-24)19-3-2-4-20(15-19)25(28)31/h2-10,15-18H,11-14H2,1H3,(H2,28,31)/t17-/m1/s1. The highest BCUT2D eigenvalue weighted by Crippen LogP contribution is 2.29. The molecule has 1 fully saturated rings. The number of hydrogen-bond donors (Lipinski definition) is 1. The fraction of sp³-hybridized carbons (Fsp3) is 0.269. The minimum Gasteiger partial charge on any atom is -0.481 e. The fourth-order valence-electron chi connectivity index (χ4n) is 4.09. The maximum Gasteiger partial charge on any atom is 0.263 e. The van der Waals surface area contributed by atoms with E-state index < -0.39 is 12.0 Å². The summed E-state index contributed by atoms with van der Waals surface area (Å²) >= 11 is 0. The summed E-state index contributed by atoms with van der Waals surface area (Å²) in [4.78, 5) is 30.7. The van der Waals surface area contributed by atoms with E-state index in [1.165, 1.54) is 24.3 Å². The molecule has 0 unspecified atom stereocenters. The second-order valence-corrected chi connectivity index (χ2v) is 8.23. The first-order valence-electron chi connectivity index (χ1n) is 11.0. The Hall–Kier alpha value is -3.74. The number of primary amides is 1. The maximum absolute atomic E-state index is 13.1. The maximum atomic E-state index is 13.1. The second-order valence-electron chi connectivity index (χ2n) is 8.23. The highest BCUT2D eigenvalue weighted by atomic mass is 19.1. The molecule has 0 saturated carbocycles. The van der Waals surface area contributed by atoms with Crippen LogP contribution in [0.3, 0.4) is 0 Å². The van der Waals surface area contributed by atoms with Crippen molar-refractivity contribution in [3.05, 3.63) is 83.9 Å². The predicted octanol–water partition coefficient (Wildman–Crippen LogP) is 4.16. The number of carbonyl (C=O) groups is 2. The van der Waals surface area contributed by atoms with Crippen molar-refractivity contribution in [2.45, 2.75) is 31.8 Å². The van der Waals surface area contributed by atoms with Gasteiger partial charge in [-0.2, -0.15) is 0 Å². The summed E-state index contributed by atoms with van der Waals surface area (Å²) in [6.45, 7) is 2.97. The molecule has 0 aliphatic carbocycles. The summed E-state index contributed by atoms with van der Waals surface area (Å²) in [5.74, 6) is -0.133. The van der Waals surface area contributed by atoms with E-state index in [1.54, 1.807) is 25.1 Å². The van der Waals surface area contributed by atoms with Crippen molar-refractivity contribution in [2.75, 3.05) is 13.1 Å². The largest absolute Gasteiger partial charge is 0.481 e. The van der Waals surface area contributed by atoms with Crippen LogP contribution in [-0.4, -0.2) is 40.9 Å². The van der Waals surface area contributed by atoms with Crippen LogP contribution in [0.2, 0.25) is 0 Å². The Morgan fingerprint density at radius 3 is 2.42 bits per heavy atom. The van der Waals surface area contributed by atoms with Gasteiger partial charge < -0.3 is 15.4 Å². The molecule has 1 saturated heterocycles. The smallest absolute Gasteiger partial charge is 0.263 e. The van der Waals surface area contributed by atoms with Crippen LogP contribution in [0, 0.1) is 5.82 Å². The Labute approximate surface area is 192 Å². The van der Waals surface area contributed by atoms with Gasteiger partial charge in [0, 0.05) is 42.0 Å². The molecule has 7 heteroatoms. The summed E-state index contributed by atoms with van der Waals surface area (Å²) in [6, 6.07) is 16.8. The lowest BCUT2D eigenvalue weighted by atomic mass is 9.92. The predicted molar refractivity (Wildman–Crippen MR) is 123 cm³/mol.